The molecular formula is C23H25ClN4O. The molecule has 1 aromatic heterocycles. The number of rotatable bonds is 6. The zero-order valence-corrected chi connectivity index (χ0v) is 17.3. The van der Waals surface area contributed by atoms with Gasteiger partial charge in [-0.3, -0.25) is 4.79 Å². The van der Waals surface area contributed by atoms with Crippen LogP contribution < -0.4 is 10.2 Å². The summed E-state index contributed by atoms with van der Waals surface area (Å²) in [7, 11) is 0. The number of aryl methyl sites for hydroxylation is 2. The van der Waals surface area contributed by atoms with Crippen molar-refractivity contribution in [3.63, 3.8) is 0 Å². The van der Waals surface area contributed by atoms with Crippen molar-refractivity contribution in [2.24, 2.45) is 0 Å². The molecule has 5 nitrogen and oxygen atoms in total. The Hall–Kier alpha value is -2.79. The van der Waals surface area contributed by atoms with E-state index in [0.29, 0.717) is 12.1 Å². The fourth-order valence-corrected chi connectivity index (χ4v) is 3.82. The predicted molar refractivity (Wildman–Crippen MR) is 117 cm³/mol. The van der Waals surface area contributed by atoms with Crippen molar-refractivity contribution in [1.82, 2.24) is 15.1 Å². The number of fused-ring (bicyclic) bond motifs is 1. The van der Waals surface area contributed by atoms with E-state index in [2.05, 4.69) is 26.1 Å². The van der Waals surface area contributed by atoms with Gasteiger partial charge >= 0.3 is 0 Å². The van der Waals surface area contributed by atoms with E-state index in [1.54, 1.807) is 0 Å². The highest BCUT2D eigenvalue weighted by atomic mass is 35.5. The summed E-state index contributed by atoms with van der Waals surface area (Å²) in [5, 5.41) is 8.26. The standard InChI is InChI=1S/C23H25ClN4O/c1-17-15-22-27(13-2-14-28(22)26-17)16-19-3-7-20(8-4-19)23(29)25-12-11-18-5-9-21(24)10-6-18/h3-10,15H,2,11-14,16H2,1H3,(H,25,29). The average Bonchev–Trinajstić information content (AvgIpc) is 3.11. The van der Waals surface area contributed by atoms with Gasteiger partial charge in [-0.2, -0.15) is 5.10 Å². The summed E-state index contributed by atoms with van der Waals surface area (Å²) < 4.78 is 2.08. The predicted octanol–water partition coefficient (Wildman–Crippen LogP) is 4.23. The van der Waals surface area contributed by atoms with Gasteiger partial charge in [-0.25, -0.2) is 4.68 Å². The summed E-state index contributed by atoms with van der Waals surface area (Å²) in [5.74, 6) is 1.13. The first-order chi connectivity index (χ1) is 14.1. The highest BCUT2D eigenvalue weighted by Crippen LogP contribution is 2.23. The fraction of sp³-hybridized carbons (Fsp3) is 0.304. The van der Waals surface area contributed by atoms with Crippen molar-refractivity contribution in [3.8, 4) is 0 Å². The number of hydrogen-bond acceptors (Lipinski definition) is 3. The number of carbonyl (C=O) groups is 1. The molecule has 0 saturated carbocycles. The van der Waals surface area contributed by atoms with Gasteiger partial charge in [0.25, 0.3) is 5.91 Å². The van der Waals surface area contributed by atoms with Crippen LogP contribution in [0.5, 0.6) is 0 Å². The zero-order chi connectivity index (χ0) is 20.2. The van der Waals surface area contributed by atoms with Crippen molar-refractivity contribution < 1.29 is 4.79 Å². The summed E-state index contributed by atoms with van der Waals surface area (Å²) >= 11 is 5.90. The van der Waals surface area contributed by atoms with Crippen LogP contribution in [0.15, 0.2) is 54.6 Å². The smallest absolute Gasteiger partial charge is 0.251 e. The second-order valence-corrected chi connectivity index (χ2v) is 7.91. The highest BCUT2D eigenvalue weighted by Gasteiger charge is 2.18. The van der Waals surface area contributed by atoms with Crippen molar-refractivity contribution in [2.45, 2.75) is 32.9 Å². The van der Waals surface area contributed by atoms with Crippen LogP contribution in [0.2, 0.25) is 5.02 Å². The number of aromatic nitrogens is 2. The third-order valence-electron chi connectivity index (χ3n) is 5.20. The Bertz CT molecular complexity index is 979. The molecule has 3 aromatic rings. The van der Waals surface area contributed by atoms with Crippen LogP contribution in [0.1, 0.15) is 33.6 Å². The van der Waals surface area contributed by atoms with Gasteiger partial charge in [-0.1, -0.05) is 35.9 Å². The van der Waals surface area contributed by atoms with E-state index < -0.39 is 0 Å². The first-order valence-electron chi connectivity index (χ1n) is 9.99. The third kappa shape index (κ3) is 4.80. The molecule has 2 heterocycles. The van der Waals surface area contributed by atoms with E-state index in [0.717, 1.165) is 48.8 Å². The molecule has 0 unspecified atom stereocenters. The number of benzene rings is 2. The lowest BCUT2D eigenvalue weighted by atomic mass is 10.1. The van der Waals surface area contributed by atoms with E-state index in [9.17, 15) is 4.79 Å². The van der Waals surface area contributed by atoms with Gasteiger partial charge in [0.2, 0.25) is 0 Å². The van der Waals surface area contributed by atoms with E-state index in [-0.39, 0.29) is 5.91 Å². The maximum atomic E-state index is 12.4. The minimum Gasteiger partial charge on any atom is -0.352 e. The van der Waals surface area contributed by atoms with E-state index in [1.807, 2.05) is 55.5 Å². The normalized spacial score (nSPS) is 13.2. The van der Waals surface area contributed by atoms with E-state index in [4.69, 9.17) is 11.6 Å². The van der Waals surface area contributed by atoms with Gasteiger partial charge in [-0.05, 0) is 55.2 Å². The molecule has 4 rings (SSSR count). The van der Waals surface area contributed by atoms with Gasteiger partial charge < -0.3 is 10.2 Å². The topological polar surface area (TPSA) is 50.2 Å². The first-order valence-corrected chi connectivity index (χ1v) is 10.4. The van der Waals surface area contributed by atoms with Gasteiger partial charge in [0.05, 0.1) is 5.69 Å². The van der Waals surface area contributed by atoms with Crippen molar-refractivity contribution in [2.75, 3.05) is 18.0 Å². The van der Waals surface area contributed by atoms with Crippen molar-refractivity contribution in [1.29, 1.82) is 0 Å². The largest absolute Gasteiger partial charge is 0.352 e. The summed E-state index contributed by atoms with van der Waals surface area (Å²) in [4.78, 5) is 14.8. The number of carbonyl (C=O) groups excluding carboxylic acids is 1. The molecule has 1 amide bonds. The number of nitrogens with one attached hydrogen (secondary N) is 1. The Labute approximate surface area is 176 Å². The van der Waals surface area contributed by atoms with Crippen molar-refractivity contribution in [3.05, 3.63) is 82.0 Å². The molecule has 0 atom stereocenters. The number of anilines is 1. The van der Waals surface area contributed by atoms with E-state index >= 15 is 0 Å². The van der Waals surface area contributed by atoms with Crippen LogP contribution in [-0.2, 0) is 19.5 Å². The number of hydrogen-bond donors (Lipinski definition) is 1. The molecule has 29 heavy (non-hydrogen) atoms. The second-order valence-electron chi connectivity index (χ2n) is 7.47. The number of nitrogens with zero attached hydrogens (tertiary/aromatic N) is 3. The molecule has 0 saturated heterocycles. The lowest BCUT2D eigenvalue weighted by Gasteiger charge is -2.29. The SMILES string of the molecule is Cc1cc2n(n1)CCCN2Cc1ccc(C(=O)NCCc2ccc(Cl)cc2)cc1. The lowest BCUT2D eigenvalue weighted by Crippen LogP contribution is -2.31. The Kier molecular flexibility index (Phi) is 5.86. The highest BCUT2D eigenvalue weighted by molar-refractivity contribution is 6.30. The lowest BCUT2D eigenvalue weighted by molar-refractivity contribution is 0.0954. The second kappa shape index (κ2) is 8.70. The Balaban J connectivity index is 1.32. The maximum Gasteiger partial charge on any atom is 0.251 e. The molecule has 0 spiro atoms. The molecule has 6 heteroatoms. The Morgan fingerprint density at radius 1 is 1.07 bits per heavy atom. The van der Waals surface area contributed by atoms with Gasteiger partial charge in [0.1, 0.15) is 5.82 Å². The quantitative estimate of drug-likeness (QED) is 0.664. The molecule has 0 bridgehead atoms. The van der Waals surface area contributed by atoms with Crippen LogP contribution in [-0.4, -0.2) is 28.8 Å². The van der Waals surface area contributed by atoms with Gasteiger partial charge in [0, 0.05) is 42.8 Å². The molecule has 2 aromatic carbocycles. The number of halogens is 1. The van der Waals surface area contributed by atoms with Crippen LogP contribution in [0.4, 0.5) is 5.82 Å². The zero-order valence-electron chi connectivity index (χ0n) is 16.6. The Morgan fingerprint density at radius 2 is 1.79 bits per heavy atom. The summed E-state index contributed by atoms with van der Waals surface area (Å²) in [6.07, 6.45) is 1.88. The summed E-state index contributed by atoms with van der Waals surface area (Å²) in [5.41, 5.74) is 4.08. The summed E-state index contributed by atoms with van der Waals surface area (Å²) in [6, 6.07) is 17.7. The van der Waals surface area contributed by atoms with Crippen LogP contribution in [0.25, 0.3) is 0 Å². The van der Waals surface area contributed by atoms with Gasteiger partial charge in [0.15, 0.2) is 0 Å². The van der Waals surface area contributed by atoms with Crippen molar-refractivity contribution >= 4 is 23.3 Å². The average molecular weight is 409 g/mol. The molecule has 150 valence electrons. The van der Waals surface area contributed by atoms with Crippen LogP contribution >= 0.6 is 11.6 Å². The first kappa shape index (κ1) is 19.5. The molecule has 0 fully saturated rings. The molecular weight excluding hydrogens is 384 g/mol. The van der Waals surface area contributed by atoms with E-state index in [1.165, 1.54) is 11.4 Å². The minimum atomic E-state index is -0.0443. The molecule has 1 aliphatic heterocycles. The molecule has 0 aliphatic carbocycles. The van der Waals surface area contributed by atoms with Crippen LogP contribution in [0.3, 0.4) is 0 Å². The molecule has 1 N–H and O–H groups in total. The monoisotopic (exact) mass is 408 g/mol. The van der Waals surface area contributed by atoms with Gasteiger partial charge in [-0.15, -0.1) is 0 Å². The third-order valence-corrected chi connectivity index (χ3v) is 5.46. The molecule has 0 radical (unpaired) electrons. The number of amides is 1. The maximum absolute atomic E-state index is 12.4. The minimum absolute atomic E-state index is 0.0443. The molecule has 1 aliphatic rings. The summed E-state index contributed by atoms with van der Waals surface area (Å²) in [6.45, 7) is 5.46. The Morgan fingerprint density at radius 3 is 2.55 bits per heavy atom. The fourth-order valence-electron chi connectivity index (χ4n) is 3.69. The van der Waals surface area contributed by atoms with Crippen LogP contribution in [0, 0.1) is 6.92 Å².